The molecule has 0 fully saturated rings. The molecule has 18 heavy (non-hydrogen) atoms. The van der Waals surface area contributed by atoms with Gasteiger partial charge < -0.3 is 10.5 Å². The summed E-state index contributed by atoms with van der Waals surface area (Å²) in [5.74, 6) is 0.311. The molecule has 2 nitrogen and oxygen atoms in total. The lowest BCUT2D eigenvalue weighted by Gasteiger charge is -2.11. The quantitative estimate of drug-likeness (QED) is 0.908. The Morgan fingerprint density at radius 3 is 2.56 bits per heavy atom. The van der Waals surface area contributed by atoms with Crippen LogP contribution >= 0.6 is 23.2 Å². The largest absolute Gasteiger partial charge is 0.457 e. The Morgan fingerprint density at radius 1 is 1.11 bits per heavy atom. The summed E-state index contributed by atoms with van der Waals surface area (Å²) in [6, 6.07) is 9.40. The molecule has 2 aromatic carbocycles. The van der Waals surface area contributed by atoms with E-state index in [0.29, 0.717) is 22.1 Å². The average Bonchev–Trinajstić information content (AvgIpc) is 2.34. The van der Waals surface area contributed by atoms with Crippen molar-refractivity contribution in [1.82, 2.24) is 0 Å². The maximum absolute atomic E-state index is 13.3. The molecule has 0 aromatic heterocycles. The van der Waals surface area contributed by atoms with Crippen molar-refractivity contribution in [2.75, 3.05) is 0 Å². The highest BCUT2D eigenvalue weighted by atomic mass is 35.5. The maximum Gasteiger partial charge on any atom is 0.145 e. The van der Waals surface area contributed by atoms with Crippen LogP contribution in [-0.4, -0.2) is 0 Å². The van der Waals surface area contributed by atoms with E-state index in [-0.39, 0.29) is 11.6 Å². The molecule has 0 amide bonds. The number of nitrogens with two attached hydrogens (primary N) is 1. The summed E-state index contributed by atoms with van der Waals surface area (Å²) in [6.07, 6.45) is 0. The van der Waals surface area contributed by atoms with Crippen LogP contribution in [0.2, 0.25) is 10.0 Å². The molecule has 0 aliphatic heterocycles. The third-order valence-electron chi connectivity index (χ3n) is 2.40. The number of hydrogen-bond donors (Lipinski definition) is 1. The van der Waals surface area contributed by atoms with Gasteiger partial charge in [0.25, 0.3) is 0 Å². The fraction of sp³-hybridized carbons (Fsp3) is 0.0769. The van der Waals surface area contributed by atoms with Gasteiger partial charge in [-0.3, -0.25) is 0 Å². The van der Waals surface area contributed by atoms with Gasteiger partial charge in [-0.25, -0.2) is 4.39 Å². The lowest BCUT2D eigenvalue weighted by atomic mass is 10.2. The Balaban J connectivity index is 2.34. The normalized spacial score (nSPS) is 10.4. The van der Waals surface area contributed by atoms with Crippen molar-refractivity contribution in [3.8, 4) is 11.5 Å². The lowest BCUT2D eigenvalue weighted by Crippen LogP contribution is -2.00. The molecule has 0 spiro atoms. The van der Waals surface area contributed by atoms with Gasteiger partial charge in [0, 0.05) is 23.2 Å². The zero-order valence-corrected chi connectivity index (χ0v) is 10.8. The smallest absolute Gasteiger partial charge is 0.145 e. The standard InChI is InChI=1S/C13H10Cl2FNO/c14-10-2-1-3-13(9(10)7-17)18-8-4-5-11(15)12(16)6-8/h1-6H,7,17H2. The number of benzene rings is 2. The molecule has 2 rings (SSSR count). The first-order valence-corrected chi connectivity index (χ1v) is 5.97. The highest BCUT2D eigenvalue weighted by Gasteiger charge is 2.09. The van der Waals surface area contributed by atoms with Gasteiger partial charge in [0.2, 0.25) is 0 Å². The number of rotatable bonds is 3. The SMILES string of the molecule is NCc1c(Cl)cccc1Oc1ccc(Cl)c(F)c1. The second kappa shape index (κ2) is 5.57. The van der Waals surface area contributed by atoms with E-state index in [1.165, 1.54) is 12.1 Å². The Morgan fingerprint density at radius 2 is 1.89 bits per heavy atom. The van der Waals surface area contributed by atoms with Gasteiger partial charge >= 0.3 is 0 Å². The average molecular weight is 286 g/mol. The number of hydrogen-bond acceptors (Lipinski definition) is 2. The zero-order valence-electron chi connectivity index (χ0n) is 9.29. The summed E-state index contributed by atoms with van der Waals surface area (Å²) in [5.41, 5.74) is 6.27. The molecule has 5 heteroatoms. The topological polar surface area (TPSA) is 35.2 Å². The highest BCUT2D eigenvalue weighted by Crippen LogP contribution is 2.31. The van der Waals surface area contributed by atoms with Gasteiger partial charge in [0.05, 0.1) is 5.02 Å². The first kappa shape index (κ1) is 13.1. The molecule has 0 unspecified atom stereocenters. The van der Waals surface area contributed by atoms with Crippen molar-refractivity contribution in [2.24, 2.45) is 5.73 Å². The number of ether oxygens (including phenoxy) is 1. The van der Waals surface area contributed by atoms with Crippen LogP contribution in [0.4, 0.5) is 4.39 Å². The summed E-state index contributed by atoms with van der Waals surface area (Å²) >= 11 is 11.6. The van der Waals surface area contributed by atoms with Crippen molar-refractivity contribution in [3.63, 3.8) is 0 Å². The van der Waals surface area contributed by atoms with Crippen LogP contribution in [-0.2, 0) is 6.54 Å². The third kappa shape index (κ3) is 2.75. The molecule has 2 aromatic rings. The van der Waals surface area contributed by atoms with Crippen LogP contribution in [0.15, 0.2) is 36.4 Å². The van der Waals surface area contributed by atoms with E-state index in [4.69, 9.17) is 33.7 Å². The molecule has 0 saturated heterocycles. The van der Waals surface area contributed by atoms with Crippen LogP contribution in [0.3, 0.4) is 0 Å². The predicted molar refractivity (Wildman–Crippen MR) is 70.8 cm³/mol. The van der Waals surface area contributed by atoms with E-state index in [9.17, 15) is 4.39 Å². The van der Waals surface area contributed by atoms with Crippen LogP contribution < -0.4 is 10.5 Å². The minimum atomic E-state index is -0.537. The van der Waals surface area contributed by atoms with E-state index in [2.05, 4.69) is 0 Å². The van der Waals surface area contributed by atoms with Crippen molar-refractivity contribution < 1.29 is 9.13 Å². The molecule has 2 N–H and O–H groups in total. The van der Waals surface area contributed by atoms with E-state index in [1.807, 2.05) is 0 Å². The van der Waals surface area contributed by atoms with E-state index in [0.717, 1.165) is 0 Å². The van der Waals surface area contributed by atoms with Crippen LogP contribution in [0, 0.1) is 5.82 Å². The summed E-state index contributed by atoms with van der Waals surface area (Å²) in [6.45, 7) is 0.241. The fourth-order valence-corrected chi connectivity index (χ4v) is 1.86. The third-order valence-corrected chi connectivity index (χ3v) is 3.06. The Kier molecular flexibility index (Phi) is 4.07. The molecular formula is C13H10Cl2FNO. The Labute approximate surface area is 114 Å². The second-order valence-electron chi connectivity index (χ2n) is 3.60. The minimum Gasteiger partial charge on any atom is -0.457 e. The minimum absolute atomic E-state index is 0.0486. The van der Waals surface area contributed by atoms with Gasteiger partial charge in [-0.15, -0.1) is 0 Å². The second-order valence-corrected chi connectivity index (χ2v) is 4.41. The fourth-order valence-electron chi connectivity index (χ4n) is 1.50. The van der Waals surface area contributed by atoms with E-state index < -0.39 is 5.82 Å². The van der Waals surface area contributed by atoms with Crippen molar-refractivity contribution >= 4 is 23.2 Å². The molecule has 0 bridgehead atoms. The highest BCUT2D eigenvalue weighted by molar-refractivity contribution is 6.31. The van der Waals surface area contributed by atoms with Gasteiger partial charge in [0.1, 0.15) is 17.3 Å². The molecule has 0 aliphatic rings. The van der Waals surface area contributed by atoms with Crippen molar-refractivity contribution in [3.05, 3.63) is 57.8 Å². The van der Waals surface area contributed by atoms with Gasteiger partial charge in [-0.1, -0.05) is 29.3 Å². The van der Waals surface area contributed by atoms with Crippen molar-refractivity contribution in [2.45, 2.75) is 6.54 Å². The first-order valence-electron chi connectivity index (χ1n) is 5.22. The van der Waals surface area contributed by atoms with Crippen LogP contribution in [0.5, 0.6) is 11.5 Å². The maximum atomic E-state index is 13.3. The van der Waals surface area contributed by atoms with Gasteiger partial charge in [0.15, 0.2) is 0 Å². The van der Waals surface area contributed by atoms with Gasteiger partial charge in [-0.2, -0.15) is 0 Å². The summed E-state index contributed by atoms with van der Waals surface area (Å²) in [7, 11) is 0. The van der Waals surface area contributed by atoms with Crippen molar-refractivity contribution in [1.29, 1.82) is 0 Å². The predicted octanol–water partition coefficient (Wildman–Crippen LogP) is 4.38. The van der Waals surface area contributed by atoms with E-state index >= 15 is 0 Å². The summed E-state index contributed by atoms with van der Waals surface area (Å²) in [4.78, 5) is 0. The zero-order chi connectivity index (χ0) is 13.1. The monoisotopic (exact) mass is 285 g/mol. The number of halogens is 3. The van der Waals surface area contributed by atoms with Crippen LogP contribution in [0.25, 0.3) is 0 Å². The summed E-state index contributed by atoms with van der Waals surface area (Å²) < 4.78 is 18.8. The first-order chi connectivity index (χ1) is 8.61. The van der Waals surface area contributed by atoms with Gasteiger partial charge in [-0.05, 0) is 24.3 Å². The summed E-state index contributed by atoms with van der Waals surface area (Å²) in [5, 5.41) is 0.567. The molecule has 94 valence electrons. The van der Waals surface area contributed by atoms with Crippen LogP contribution in [0.1, 0.15) is 5.56 Å². The van der Waals surface area contributed by atoms with E-state index in [1.54, 1.807) is 24.3 Å². The molecule has 0 atom stereocenters. The molecule has 0 radical (unpaired) electrons. The molecule has 0 aliphatic carbocycles. The Bertz CT molecular complexity index is 575. The molecular weight excluding hydrogens is 276 g/mol. The molecule has 0 saturated carbocycles. The molecule has 0 heterocycles. The lowest BCUT2D eigenvalue weighted by molar-refractivity contribution is 0.471. The Hall–Kier alpha value is -1.29.